The minimum absolute atomic E-state index is 0.177. The smallest absolute Gasteiger partial charge is 0.0898 e. The van der Waals surface area contributed by atoms with Gasteiger partial charge in [0, 0.05) is 12.6 Å². The molecule has 0 heterocycles. The van der Waals surface area contributed by atoms with Gasteiger partial charge in [0.25, 0.3) is 0 Å². The molecule has 3 nitrogen and oxygen atoms in total. The molecule has 0 radical (unpaired) electrons. The van der Waals surface area contributed by atoms with Crippen molar-refractivity contribution in [2.75, 3.05) is 13.2 Å². The Kier molecular flexibility index (Phi) is 7.20. The molecule has 0 aromatic heterocycles. The molecular weight excluding hydrogens is 202 g/mol. The molecule has 0 aliphatic heterocycles. The van der Waals surface area contributed by atoms with Crippen molar-refractivity contribution in [3.05, 3.63) is 0 Å². The Morgan fingerprint density at radius 3 is 2.25 bits per heavy atom. The fourth-order valence-corrected chi connectivity index (χ4v) is 1.28. The van der Waals surface area contributed by atoms with Gasteiger partial charge in [-0.1, -0.05) is 20.3 Å². The summed E-state index contributed by atoms with van der Waals surface area (Å²) in [6.45, 7) is 13.5. The summed E-state index contributed by atoms with van der Waals surface area (Å²) in [5.41, 5.74) is -0.177. The van der Waals surface area contributed by atoms with Gasteiger partial charge in [0.2, 0.25) is 0 Å². The van der Waals surface area contributed by atoms with Crippen molar-refractivity contribution in [3.63, 3.8) is 0 Å². The number of hydrogen-bond donors (Lipinski definition) is 2. The van der Waals surface area contributed by atoms with Crippen LogP contribution < -0.4 is 5.32 Å². The second-order valence-corrected chi connectivity index (χ2v) is 5.66. The molecule has 3 atom stereocenters. The second kappa shape index (κ2) is 7.25. The van der Waals surface area contributed by atoms with Crippen LogP contribution in [0.15, 0.2) is 0 Å². The number of nitrogens with one attached hydrogen (secondary N) is 1. The molecule has 98 valence electrons. The predicted molar refractivity (Wildman–Crippen MR) is 68.6 cm³/mol. The first-order chi connectivity index (χ1) is 7.26. The standard InChI is InChI=1S/C13H29NO2/c1-7-10(2)11(3)14-8-12(15)9-16-13(4,5)6/h10-12,14-15H,7-9H2,1-6H3. The summed E-state index contributed by atoms with van der Waals surface area (Å²) in [5, 5.41) is 13.1. The summed E-state index contributed by atoms with van der Waals surface area (Å²) in [6.07, 6.45) is 0.730. The lowest BCUT2D eigenvalue weighted by atomic mass is 10.0. The van der Waals surface area contributed by atoms with Gasteiger partial charge >= 0.3 is 0 Å². The summed E-state index contributed by atoms with van der Waals surface area (Å²) in [7, 11) is 0. The van der Waals surface area contributed by atoms with Crippen LogP contribution in [0.3, 0.4) is 0 Å². The van der Waals surface area contributed by atoms with Crippen molar-refractivity contribution >= 4 is 0 Å². The first-order valence-corrected chi connectivity index (χ1v) is 6.31. The molecule has 0 spiro atoms. The molecule has 0 amide bonds. The van der Waals surface area contributed by atoms with E-state index in [1.165, 1.54) is 0 Å². The van der Waals surface area contributed by atoms with E-state index in [2.05, 4.69) is 26.1 Å². The van der Waals surface area contributed by atoms with E-state index in [0.717, 1.165) is 6.42 Å². The Morgan fingerprint density at radius 1 is 1.25 bits per heavy atom. The van der Waals surface area contributed by atoms with Gasteiger partial charge in [-0.25, -0.2) is 0 Å². The normalized spacial score (nSPS) is 18.2. The van der Waals surface area contributed by atoms with Crippen LogP contribution in [-0.4, -0.2) is 36.0 Å². The molecule has 0 saturated carbocycles. The van der Waals surface area contributed by atoms with Crippen LogP contribution in [0.5, 0.6) is 0 Å². The zero-order chi connectivity index (χ0) is 12.8. The van der Waals surface area contributed by atoms with Gasteiger partial charge in [-0.05, 0) is 33.6 Å². The van der Waals surface area contributed by atoms with Crippen molar-refractivity contribution in [1.82, 2.24) is 5.32 Å². The summed E-state index contributed by atoms with van der Waals surface area (Å²) < 4.78 is 5.52. The lowest BCUT2D eigenvalue weighted by molar-refractivity contribution is -0.0485. The Balaban J connectivity index is 3.69. The molecule has 16 heavy (non-hydrogen) atoms. The maximum Gasteiger partial charge on any atom is 0.0898 e. The third-order valence-electron chi connectivity index (χ3n) is 2.88. The van der Waals surface area contributed by atoms with Gasteiger partial charge in [-0.15, -0.1) is 0 Å². The first-order valence-electron chi connectivity index (χ1n) is 6.31. The molecule has 3 unspecified atom stereocenters. The third kappa shape index (κ3) is 8.08. The van der Waals surface area contributed by atoms with Crippen LogP contribution in [0.2, 0.25) is 0 Å². The molecule has 3 heteroatoms. The van der Waals surface area contributed by atoms with E-state index in [1.54, 1.807) is 0 Å². The molecule has 2 N–H and O–H groups in total. The quantitative estimate of drug-likeness (QED) is 0.705. The van der Waals surface area contributed by atoms with Crippen molar-refractivity contribution in [2.24, 2.45) is 5.92 Å². The van der Waals surface area contributed by atoms with Crippen molar-refractivity contribution in [1.29, 1.82) is 0 Å². The zero-order valence-electron chi connectivity index (χ0n) is 11.7. The minimum Gasteiger partial charge on any atom is -0.389 e. The largest absolute Gasteiger partial charge is 0.389 e. The molecule has 0 rings (SSSR count). The molecule has 0 bridgehead atoms. The molecule has 0 aliphatic rings. The highest BCUT2D eigenvalue weighted by Gasteiger charge is 2.15. The van der Waals surface area contributed by atoms with E-state index in [0.29, 0.717) is 25.1 Å². The minimum atomic E-state index is -0.425. The maximum atomic E-state index is 9.73. The SMILES string of the molecule is CCC(C)C(C)NCC(O)COC(C)(C)C. The summed E-state index contributed by atoms with van der Waals surface area (Å²) in [6, 6.07) is 0.439. The van der Waals surface area contributed by atoms with Gasteiger partial charge in [0.1, 0.15) is 0 Å². The van der Waals surface area contributed by atoms with E-state index in [9.17, 15) is 5.11 Å². The molecular formula is C13H29NO2. The van der Waals surface area contributed by atoms with Gasteiger partial charge in [-0.3, -0.25) is 0 Å². The number of aliphatic hydroxyl groups excluding tert-OH is 1. The van der Waals surface area contributed by atoms with Crippen LogP contribution in [0, 0.1) is 5.92 Å². The second-order valence-electron chi connectivity index (χ2n) is 5.66. The van der Waals surface area contributed by atoms with Gasteiger partial charge < -0.3 is 15.2 Å². The third-order valence-corrected chi connectivity index (χ3v) is 2.88. The Bertz CT molecular complexity index is 177. The van der Waals surface area contributed by atoms with Crippen LogP contribution in [-0.2, 0) is 4.74 Å². The van der Waals surface area contributed by atoms with E-state index in [4.69, 9.17) is 4.74 Å². The lowest BCUT2D eigenvalue weighted by Gasteiger charge is -2.24. The summed E-state index contributed by atoms with van der Waals surface area (Å²) in [4.78, 5) is 0. The van der Waals surface area contributed by atoms with Crippen LogP contribution >= 0.6 is 0 Å². The van der Waals surface area contributed by atoms with E-state index in [1.807, 2.05) is 20.8 Å². The number of hydrogen-bond acceptors (Lipinski definition) is 3. The molecule has 0 aromatic rings. The number of rotatable bonds is 7. The number of ether oxygens (including phenoxy) is 1. The summed E-state index contributed by atoms with van der Waals surface area (Å²) in [5.74, 6) is 0.635. The first kappa shape index (κ1) is 15.9. The van der Waals surface area contributed by atoms with Crippen molar-refractivity contribution < 1.29 is 9.84 Å². The molecule has 0 aliphatic carbocycles. The van der Waals surface area contributed by atoms with E-state index >= 15 is 0 Å². The van der Waals surface area contributed by atoms with E-state index in [-0.39, 0.29) is 5.60 Å². The topological polar surface area (TPSA) is 41.5 Å². The van der Waals surface area contributed by atoms with Gasteiger partial charge in [0.05, 0.1) is 18.3 Å². The molecule has 0 fully saturated rings. The molecule has 0 aromatic carbocycles. The zero-order valence-corrected chi connectivity index (χ0v) is 11.7. The Hall–Kier alpha value is -0.120. The highest BCUT2D eigenvalue weighted by molar-refractivity contribution is 4.70. The number of aliphatic hydroxyl groups is 1. The van der Waals surface area contributed by atoms with Crippen molar-refractivity contribution in [2.45, 2.75) is 65.7 Å². The van der Waals surface area contributed by atoms with Gasteiger partial charge in [0.15, 0.2) is 0 Å². The summed E-state index contributed by atoms with van der Waals surface area (Å²) >= 11 is 0. The average molecular weight is 231 g/mol. The lowest BCUT2D eigenvalue weighted by Crippen LogP contribution is -2.40. The van der Waals surface area contributed by atoms with Crippen molar-refractivity contribution in [3.8, 4) is 0 Å². The highest BCUT2D eigenvalue weighted by atomic mass is 16.5. The fourth-order valence-electron chi connectivity index (χ4n) is 1.28. The van der Waals surface area contributed by atoms with Crippen LogP contribution in [0.25, 0.3) is 0 Å². The predicted octanol–water partition coefficient (Wildman–Crippen LogP) is 2.19. The van der Waals surface area contributed by atoms with E-state index < -0.39 is 6.10 Å². The van der Waals surface area contributed by atoms with Gasteiger partial charge in [-0.2, -0.15) is 0 Å². The Labute approximate surface area is 101 Å². The van der Waals surface area contributed by atoms with Crippen LogP contribution in [0.4, 0.5) is 0 Å². The highest BCUT2D eigenvalue weighted by Crippen LogP contribution is 2.08. The van der Waals surface area contributed by atoms with Crippen LogP contribution in [0.1, 0.15) is 48.0 Å². The monoisotopic (exact) mass is 231 g/mol. The molecule has 0 saturated heterocycles. The maximum absolute atomic E-state index is 9.73. The average Bonchev–Trinajstić information content (AvgIpc) is 2.20. The fraction of sp³-hybridized carbons (Fsp3) is 1.00. The Morgan fingerprint density at radius 2 is 1.81 bits per heavy atom.